The molecule has 0 radical (unpaired) electrons. The van der Waals surface area contributed by atoms with Gasteiger partial charge in [0.15, 0.2) is 0 Å². The number of nitrogens with one attached hydrogen (secondary N) is 1. The normalized spacial score (nSPS) is 10.9. The number of carbonyl (C=O) groups excluding carboxylic acids is 2. The van der Waals surface area contributed by atoms with Crippen LogP contribution in [0.2, 0.25) is 0 Å². The second-order valence-corrected chi connectivity index (χ2v) is 7.94. The Labute approximate surface area is 186 Å². The van der Waals surface area contributed by atoms with E-state index in [1.807, 2.05) is 32.9 Å². The third-order valence-electron chi connectivity index (χ3n) is 5.39. The maximum absolute atomic E-state index is 12.8. The molecule has 0 saturated heterocycles. The number of hydrogen-bond donors (Lipinski definition) is 1. The first kappa shape index (κ1) is 21.2. The Kier molecular flexibility index (Phi) is 5.73. The largest absolute Gasteiger partial charge is 0.326 e. The van der Waals surface area contributed by atoms with Crippen LogP contribution in [0.15, 0.2) is 61.1 Å². The van der Waals surface area contributed by atoms with E-state index in [0.717, 1.165) is 22.2 Å². The Morgan fingerprint density at radius 1 is 1.00 bits per heavy atom. The number of anilines is 3. The first-order chi connectivity index (χ1) is 15.3. The van der Waals surface area contributed by atoms with Crippen LogP contribution in [-0.4, -0.2) is 26.4 Å². The van der Waals surface area contributed by atoms with Crippen molar-refractivity contribution in [3.05, 3.63) is 83.3 Å². The zero-order chi connectivity index (χ0) is 22.8. The summed E-state index contributed by atoms with van der Waals surface area (Å²) in [4.78, 5) is 31.1. The van der Waals surface area contributed by atoms with Crippen molar-refractivity contribution in [2.75, 3.05) is 10.2 Å². The van der Waals surface area contributed by atoms with Crippen LogP contribution in [0.3, 0.4) is 0 Å². The third-order valence-corrected chi connectivity index (χ3v) is 5.39. The van der Waals surface area contributed by atoms with E-state index in [1.54, 1.807) is 41.3 Å². The fraction of sp³-hybridized carbons (Fsp3) is 0.200. The van der Waals surface area contributed by atoms with E-state index in [9.17, 15) is 9.59 Å². The molecular weight excluding hydrogens is 402 g/mol. The SMILES string of the molecule is CC(=O)N(c1ccn2nccc2c1)c1cc(NC(=O)Cc2c(C)cc(C)cc2C)ccn1. The molecule has 3 heterocycles. The summed E-state index contributed by atoms with van der Waals surface area (Å²) in [7, 11) is 0. The second kappa shape index (κ2) is 8.63. The van der Waals surface area contributed by atoms with Crippen LogP contribution in [0.4, 0.5) is 17.2 Å². The summed E-state index contributed by atoms with van der Waals surface area (Å²) < 4.78 is 1.72. The Bertz CT molecular complexity index is 1300. The average molecular weight is 428 g/mol. The number of rotatable bonds is 5. The number of benzene rings is 1. The predicted molar refractivity (Wildman–Crippen MR) is 125 cm³/mol. The number of aryl methyl sites for hydroxylation is 3. The Morgan fingerprint density at radius 2 is 1.75 bits per heavy atom. The van der Waals surface area contributed by atoms with Crippen LogP contribution >= 0.6 is 0 Å². The standard InChI is InChI=1S/C25H25N5O2/c1-16-11-17(2)23(18(3)12-16)15-25(32)28-20-5-8-26-24(13-20)30(19(4)31)22-7-10-29-21(14-22)6-9-27-29/h5-14H,15H2,1-4H3,(H,26,28,32). The number of hydrogen-bond acceptors (Lipinski definition) is 4. The maximum atomic E-state index is 12.8. The lowest BCUT2D eigenvalue weighted by molar-refractivity contribution is -0.116. The quantitative estimate of drug-likeness (QED) is 0.508. The summed E-state index contributed by atoms with van der Waals surface area (Å²) in [5, 5.41) is 7.12. The van der Waals surface area contributed by atoms with Crippen LogP contribution in [0.25, 0.3) is 5.52 Å². The van der Waals surface area contributed by atoms with E-state index < -0.39 is 0 Å². The van der Waals surface area contributed by atoms with Gasteiger partial charge in [0, 0.05) is 37.3 Å². The molecule has 2 amide bonds. The van der Waals surface area contributed by atoms with Crippen LogP contribution in [0.5, 0.6) is 0 Å². The molecule has 0 fully saturated rings. The number of carbonyl (C=O) groups is 2. The Morgan fingerprint density at radius 3 is 2.47 bits per heavy atom. The summed E-state index contributed by atoms with van der Waals surface area (Å²) in [6.07, 6.45) is 5.35. The molecule has 7 nitrogen and oxygen atoms in total. The van der Waals surface area contributed by atoms with Crippen LogP contribution < -0.4 is 10.2 Å². The summed E-state index contributed by atoms with van der Waals surface area (Å²) in [5.74, 6) is 0.130. The van der Waals surface area contributed by atoms with E-state index in [0.29, 0.717) is 17.2 Å². The van der Waals surface area contributed by atoms with Gasteiger partial charge in [-0.3, -0.25) is 14.5 Å². The van der Waals surface area contributed by atoms with Crippen molar-refractivity contribution < 1.29 is 9.59 Å². The molecule has 4 rings (SSSR count). The maximum Gasteiger partial charge on any atom is 0.229 e. The topological polar surface area (TPSA) is 79.6 Å². The van der Waals surface area contributed by atoms with Gasteiger partial charge >= 0.3 is 0 Å². The summed E-state index contributed by atoms with van der Waals surface area (Å²) in [6, 6.07) is 13.1. The van der Waals surface area contributed by atoms with Gasteiger partial charge in [-0.2, -0.15) is 5.10 Å². The number of nitrogens with zero attached hydrogens (tertiary/aromatic N) is 4. The molecule has 1 N–H and O–H groups in total. The lowest BCUT2D eigenvalue weighted by Gasteiger charge is -2.21. The Balaban J connectivity index is 1.58. The minimum atomic E-state index is -0.184. The van der Waals surface area contributed by atoms with Crippen LogP contribution in [0.1, 0.15) is 29.2 Å². The lowest BCUT2D eigenvalue weighted by Crippen LogP contribution is -2.24. The minimum absolute atomic E-state index is 0.118. The number of pyridine rings is 2. The third kappa shape index (κ3) is 4.37. The first-order valence-corrected chi connectivity index (χ1v) is 10.4. The highest BCUT2D eigenvalue weighted by Crippen LogP contribution is 2.27. The molecule has 0 unspecified atom stereocenters. The molecular formula is C25H25N5O2. The molecule has 0 aliphatic rings. The molecule has 0 aliphatic heterocycles. The fourth-order valence-electron chi connectivity index (χ4n) is 4.00. The zero-order valence-corrected chi connectivity index (χ0v) is 18.6. The molecule has 4 aromatic rings. The zero-order valence-electron chi connectivity index (χ0n) is 18.6. The molecule has 0 spiro atoms. The summed E-state index contributed by atoms with van der Waals surface area (Å²) in [5.41, 5.74) is 6.54. The van der Waals surface area contributed by atoms with Crippen molar-refractivity contribution in [3.63, 3.8) is 0 Å². The lowest BCUT2D eigenvalue weighted by atomic mass is 9.97. The van der Waals surface area contributed by atoms with E-state index >= 15 is 0 Å². The van der Waals surface area contributed by atoms with Crippen molar-refractivity contribution in [3.8, 4) is 0 Å². The summed E-state index contributed by atoms with van der Waals surface area (Å²) in [6.45, 7) is 7.58. The summed E-state index contributed by atoms with van der Waals surface area (Å²) >= 11 is 0. The average Bonchev–Trinajstić information content (AvgIpc) is 3.19. The van der Waals surface area contributed by atoms with Gasteiger partial charge in [-0.05, 0) is 61.7 Å². The smallest absolute Gasteiger partial charge is 0.229 e. The molecule has 0 bridgehead atoms. The minimum Gasteiger partial charge on any atom is -0.326 e. The van der Waals surface area contributed by atoms with Crippen LogP contribution in [0, 0.1) is 20.8 Å². The molecule has 3 aromatic heterocycles. The van der Waals surface area contributed by atoms with Crippen LogP contribution in [-0.2, 0) is 16.0 Å². The van der Waals surface area contributed by atoms with Crippen molar-refractivity contribution in [2.45, 2.75) is 34.1 Å². The van der Waals surface area contributed by atoms with Crippen molar-refractivity contribution in [2.24, 2.45) is 0 Å². The van der Waals surface area contributed by atoms with Crippen molar-refractivity contribution >= 4 is 34.5 Å². The molecule has 1 aromatic carbocycles. The van der Waals surface area contributed by atoms with E-state index in [1.165, 1.54) is 17.4 Å². The molecule has 0 saturated carbocycles. The highest BCUT2D eigenvalue weighted by Gasteiger charge is 2.17. The number of amides is 2. The first-order valence-electron chi connectivity index (χ1n) is 10.4. The van der Waals surface area contributed by atoms with E-state index in [4.69, 9.17) is 0 Å². The molecule has 32 heavy (non-hydrogen) atoms. The molecule has 7 heteroatoms. The van der Waals surface area contributed by atoms with Gasteiger partial charge in [0.25, 0.3) is 0 Å². The van der Waals surface area contributed by atoms with Gasteiger partial charge in [-0.15, -0.1) is 0 Å². The van der Waals surface area contributed by atoms with E-state index in [2.05, 4.69) is 27.5 Å². The van der Waals surface area contributed by atoms with Crippen molar-refractivity contribution in [1.82, 2.24) is 14.6 Å². The van der Waals surface area contributed by atoms with Gasteiger partial charge in [-0.25, -0.2) is 9.50 Å². The van der Waals surface area contributed by atoms with Gasteiger partial charge in [-0.1, -0.05) is 17.7 Å². The van der Waals surface area contributed by atoms with Gasteiger partial charge in [0.2, 0.25) is 11.8 Å². The molecule has 0 aliphatic carbocycles. The monoisotopic (exact) mass is 427 g/mol. The number of fused-ring (bicyclic) bond motifs is 1. The predicted octanol–water partition coefficient (Wildman–Crippen LogP) is 4.52. The Hall–Kier alpha value is -4.00. The van der Waals surface area contributed by atoms with Gasteiger partial charge < -0.3 is 5.32 Å². The fourth-order valence-corrected chi connectivity index (χ4v) is 4.00. The highest BCUT2D eigenvalue weighted by atomic mass is 16.2. The van der Waals surface area contributed by atoms with E-state index in [-0.39, 0.29) is 18.2 Å². The van der Waals surface area contributed by atoms with Gasteiger partial charge in [0.05, 0.1) is 17.6 Å². The van der Waals surface area contributed by atoms with Gasteiger partial charge in [0.1, 0.15) is 5.82 Å². The molecule has 162 valence electrons. The second-order valence-electron chi connectivity index (χ2n) is 7.94. The van der Waals surface area contributed by atoms with Crippen molar-refractivity contribution in [1.29, 1.82) is 0 Å². The number of aromatic nitrogens is 3. The highest BCUT2D eigenvalue weighted by molar-refractivity contribution is 5.99. The molecule has 0 atom stereocenters.